The molecule has 132 valence electrons. The summed E-state index contributed by atoms with van der Waals surface area (Å²) in [6.07, 6.45) is -5.69. The molecule has 1 spiro atoms. The Morgan fingerprint density at radius 2 is 1.83 bits per heavy atom. The van der Waals surface area contributed by atoms with Crippen molar-refractivity contribution in [3.05, 3.63) is 23.5 Å². The van der Waals surface area contributed by atoms with Gasteiger partial charge in [-0.3, -0.25) is 0 Å². The van der Waals surface area contributed by atoms with Crippen molar-refractivity contribution in [1.82, 2.24) is 14.2 Å². The maximum atomic E-state index is 12.6. The Labute approximate surface area is 135 Å². The van der Waals surface area contributed by atoms with Crippen LogP contribution in [0.3, 0.4) is 0 Å². The molecule has 1 aromatic heterocycles. The second-order valence-corrected chi connectivity index (χ2v) is 8.10. The maximum absolute atomic E-state index is 12.6. The Morgan fingerprint density at radius 1 is 1.25 bits per heavy atom. The van der Waals surface area contributed by atoms with Gasteiger partial charge < -0.3 is 10.0 Å². The van der Waals surface area contributed by atoms with Crippen LogP contribution < -0.4 is 0 Å². The van der Waals surface area contributed by atoms with Crippen LogP contribution in [0.1, 0.15) is 11.4 Å². The third-order valence-corrected chi connectivity index (χ3v) is 6.22. The zero-order valence-corrected chi connectivity index (χ0v) is 13.4. The molecule has 24 heavy (non-hydrogen) atoms. The number of pyridine rings is 1. The molecule has 0 aliphatic carbocycles. The van der Waals surface area contributed by atoms with Gasteiger partial charge in [0.2, 0.25) is 10.0 Å². The molecule has 0 bridgehead atoms. The smallest absolute Gasteiger partial charge is 0.433 e. The van der Waals surface area contributed by atoms with Crippen molar-refractivity contribution < 1.29 is 31.5 Å². The minimum absolute atomic E-state index is 0.152. The molecule has 2 aliphatic heterocycles. The van der Waals surface area contributed by atoms with Gasteiger partial charge in [-0.05, 0) is 19.1 Å². The van der Waals surface area contributed by atoms with E-state index in [1.807, 2.05) is 0 Å². The Kier molecular flexibility index (Phi) is 3.57. The number of amides is 1. The number of sulfonamides is 1. The van der Waals surface area contributed by atoms with E-state index in [-0.39, 0.29) is 42.2 Å². The summed E-state index contributed by atoms with van der Waals surface area (Å²) in [6.45, 7) is 2.05. The Balaban J connectivity index is 1.75. The van der Waals surface area contributed by atoms with Crippen molar-refractivity contribution in [2.45, 2.75) is 18.0 Å². The number of carbonyl (C=O) groups is 1. The van der Waals surface area contributed by atoms with E-state index in [1.54, 1.807) is 0 Å². The largest absolute Gasteiger partial charge is 0.465 e. The lowest BCUT2D eigenvalue weighted by Crippen LogP contribution is -2.73. The molecule has 11 heteroatoms. The second-order valence-electron chi connectivity index (χ2n) is 6.19. The van der Waals surface area contributed by atoms with Crippen molar-refractivity contribution >= 4 is 16.1 Å². The van der Waals surface area contributed by atoms with E-state index in [2.05, 4.69) is 4.98 Å². The number of likely N-dealkylation sites (tertiary alicyclic amines) is 1. The van der Waals surface area contributed by atoms with Gasteiger partial charge in [-0.1, -0.05) is 0 Å². The summed E-state index contributed by atoms with van der Waals surface area (Å²) >= 11 is 0. The van der Waals surface area contributed by atoms with Crippen LogP contribution in [-0.4, -0.2) is 60.0 Å². The molecular formula is C13H14F3N3O4S. The number of hydrogen-bond donors (Lipinski definition) is 1. The molecule has 1 amide bonds. The van der Waals surface area contributed by atoms with Gasteiger partial charge in [0.05, 0.1) is 5.69 Å². The number of nitrogens with zero attached hydrogens (tertiary/aromatic N) is 3. The molecule has 2 aliphatic rings. The number of aryl methyl sites for hydroxylation is 1. The molecule has 7 nitrogen and oxygen atoms in total. The third-order valence-electron chi connectivity index (χ3n) is 4.29. The lowest BCUT2D eigenvalue weighted by Gasteiger charge is -2.58. The predicted octanol–water partition coefficient (Wildman–Crippen LogP) is 1.39. The first kappa shape index (κ1) is 17.0. The van der Waals surface area contributed by atoms with Crippen molar-refractivity contribution in [3.63, 3.8) is 0 Å². The van der Waals surface area contributed by atoms with Gasteiger partial charge in [0.25, 0.3) is 0 Å². The van der Waals surface area contributed by atoms with Crippen LogP contribution in [0.15, 0.2) is 17.0 Å². The lowest BCUT2D eigenvalue weighted by atomic mass is 9.75. The first-order valence-electron chi connectivity index (χ1n) is 6.98. The fourth-order valence-electron chi connectivity index (χ4n) is 3.09. The van der Waals surface area contributed by atoms with Crippen LogP contribution in [-0.2, 0) is 16.2 Å². The van der Waals surface area contributed by atoms with E-state index < -0.39 is 28.0 Å². The van der Waals surface area contributed by atoms with Gasteiger partial charge in [-0.2, -0.15) is 17.5 Å². The van der Waals surface area contributed by atoms with E-state index in [0.29, 0.717) is 6.07 Å². The molecule has 1 N–H and O–H groups in total. The van der Waals surface area contributed by atoms with Gasteiger partial charge in [0.1, 0.15) is 10.6 Å². The summed E-state index contributed by atoms with van der Waals surface area (Å²) in [4.78, 5) is 15.0. The average molecular weight is 365 g/mol. The number of hydrogen-bond acceptors (Lipinski definition) is 4. The van der Waals surface area contributed by atoms with E-state index in [1.165, 1.54) is 11.8 Å². The van der Waals surface area contributed by atoms with Gasteiger partial charge in [0.15, 0.2) is 0 Å². The SMILES string of the molecule is Cc1nc(C(F)(F)F)ccc1S(=O)(=O)N1CC2(CN(C(=O)O)C2)C1. The van der Waals surface area contributed by atoms with Crippen LogP contribution in [0, 0.1) is 12.3 Å². The van der Waals surface area contributed by atoms with Crippen molar-refractivity contribution in [2.24, 2.45) is 5.41 Å². The highest BCUT2D eigenvalue weighted by Crippen LogP contribution is 2.42. The van der Waals surface area contributed by atoms with E-state index in [9.17, 15) is 26.4 Å². The standard InChI is InChI=1S/C13H14F3N3O4S/c1-8-9(2-3-10(17-8)13(14,15)16)24(22,23)19-6-12(7-19)4-18(5-12)11(20)21/h2-3H,4-7H2,1H3,(H,20,21). The van der Waals surface area contributed by atoms with E-state index in [4.69, 9.17) is 5.11 Å². The molecular weight excluding hydrogens is 351 g/mol. The fraction of sp³-hybridized carbons (Fsp3) is 0.538. The first-order valence-corrected chi connectivity index (χ1v) is 8.42. The summed E-state index contributed by atoms with van der Waals surface area (Å²) in [5.74, 6) is 0. The number of halogens is 3. The van der Waals surface area contributed by atoms with Crippen LogP contribution in [0.2, 0.25) is 0 Å². The molecule has 0 atom stereocenters. The first-order chi connectivity index (χ1) is 10.9. The number of alkyl halides is 3. The fourth-order valence-corrected chi connectivity index (χ4v) is 4.91. The number of carboxylic acid groups (broad SMARTS) is 1. The Bertz CT molecular complexity index is 795. The molecule has 2 saturated heterocycles. The van der Waals surface area contributed by atoms with Crippen molar-refractivity contribution in [1.29, 1.82) is 0 Å². The monoisotopic (exact) mass is 365 g/mol. The van der Waals surface area contributed by atoms with Gasteiger partial charge in [-0.15, -0.1) is 0 Å². The summed E-state index contributed by atoms with van der Waals surface area (Å²) in [5.41, 5.74) is -1.74. The van der Waals surface area contributed by atoms with Gasteiger partial charge in [0, 0.05) is 31.6 Å². The average Bonchev–Trinajstić information content (AvgIpc) is 2.32. The minimum atomic E-state index is -4.64. The molecule has 0 radical (unpaired) electrons. The number of rotatable bonds is 2. The van der Waals surface area contributed by atoms with Crippen LogP contribution in [0.4, 0.5) is 18.0 Å². The highest BCUT2D eigenvalue weighted by atomic mass is 32.2. The topological polar surface area (TPSA) is 90.8 Å². The highest BCUT2D eigenvalue weighted by Gasteiger charge is 2.56. The predicted molar refractivity (Wildman–Crippen MR) is 74.8 cm³/mol. The lowest BCUT2D eigenvalue weighted by molar-refractivity contribution is -0.141. The third kappa shape index (κ3) is 2.61. The normalized spacial score (nSPS) is 20.6. The highest BCUT2D eigenvalue weighted by molar-refractivity contribution is 7.89. The zero-order chi connectivity index (χ0) is 17.9. The number of aromatic nitrogens is 1. The van der Waals surface area contributed by atoms with E-state index >= 15 is 0 Å². The van der Waals surface area contributed by atoms with Crippen LogP contribution >= 0.6 is 0 Å². The van der Waals surface area contributed by atoms with Gasteiger partial charge in [-0.25, -0.2) is 18.2 Å². The van der Waals surface area contributed by atoms with Crippen molar-refractivity contribution in [2.75, 3.05) is 26.2 Å². The molecule has 3 rings (SSSR count). The Morgan fingerprint density at radius 3 is 2.29 bits per heavy atom. The summed E-state index contributed by atoms with van der Waals surface area (Å²) < 4.78 is 64.0. The van der Waals surface area contributed by atoms with Gasteiger partial charge >= 0.3 is 12.3 Å². The Hall–Kier alpha value is -1.88. The molecule has 2 fully saturated rings. The summed E-state index contributed by atoms with van der Waals surface area (Å²) in [6, 6.07) is 1.56. The minimum Gasteiger partial charge on any atom is -0.465 e. The van der Waals surface area contributed by atoms with E-state index in [0.717, 1.165) is 10.4 Å². The molecule has 3 heterocycles. The van der Waals surface area contributed by atoms with Crippen molar-refractivity contribution in [3.8, 4) is 0 Å². The van der Waals surface area contributed by atoms with Crippen LogP contribution in [0.5, 0.6) is 0 Å². The summed E-state index contributed by atoms with van der Waals surface area (Å²) in [5, 5.41) is 8.81. The second kappa shape index (κ2) is 5.06. The molecule has 0 saturated carbocycles. The maximum Gasteiger partial charge on any atom is 0.433 e. The van der Waals surface area contributed by atoms with Crippen LogP contribution in [0.25, 0.3) is 0 Å². The zero-order valence-electron chi connectivity index (χ0n) is 12.5. The molecule has 0 aromatic carbocycles. The molecule has 0 unspecified atom stereocenters. The quantitative estimate of drug-likeness (QED) is 0.855. The molecule has 1 aromatic rings. The summed E-state index contributed by atoms with van der Waals surface area (Å²) in [7, 11) is -3.94.